The summed E-state index contributed by atoms with van der Waals surface area (Å²) in [6.07, 6.45) is 3.35. The summed E-state index contributed by atoms with van der Waals surface area (Å²) in [6, 6.07) is 19.6. The van der Waals surface area contributed by atoms with Crippen LogP contribution in [0.2, 0.25) is 0 Å². The predicted octanol–water partition coefficient (Wildman–Crippen LogP) is 5.73. The first kappa shape index (κ1) is 26.9. The maximum Gasteiger partial charge on any atom is 0.201 e. The standard InChI is InChI=1S/C33H44N2O5/c1-23-9-14-29-24(2)30(37-31-33(29)28(23)15-16-32(3,38-31)39-40-33)36-22-26-12-10-25(11-13-26)21-34-17-19-35(20-18-34)27-7-5-4-6-8-27/h4-8,10-13,23-24,28-31H,9,14-22H2,1-3H3/t23-,24-,28+,29?,30+,31?,32-,33-/m1/s1. The highest BCUT2D eigenvalue weighted by molar-refractivity contribution is 5.46. The van der Waals surface area contributed by atoms with Gasteiger partial charge in [-0.05, 0) is 61.3 Å². The highest BCUT2D eigenvalue weighted by Crippen LogP contribution is 2.60. The van der Waals surface area contributed by atoms with Crippen molar-refractivity contribution in [2.24, 2.45) is 23.7 Å². The minimum atomic E-state index is -0.757. The van der Waals surface area contributed by atoms with Crippen LogP contribution >= 0.6 is 0 Å². The van der Waals surface area contributed by atoms with Crippen LogP contribution in [-0.4, -0.2) is 55.0 Å². The van der Waals surface area contributed by atoms with E-state index in [1.165, 1.54) is 23.2 Å². The van der Waals surface area contributed by atoms with Crippen molar-refractivity contribution in [3.8, 4) is 0 Å². The van der Waals surface area contributed by atoms with E-state index in [2.05, 4.69) is 78.2 Å². The Morgan fingerprint density at radius 2 is 1.60 bits per heavy atom. The van der Waals surface area contributed by atoms with Gasteiger partial charge in [0.1, 0.15) is 0 Å². The first-order chi connectivity index (χ1) is 19.4. The van der Waals surface area contributed by atoms with Gasteiger partial charge < -0.3 is 19.1 Å². The third-order valence-electron chi connectivity index (χ3n) is 10.4. The number of benzene rings is 2. The molecule has 2 aromatic rings. The molecule has 7 nitrogen and oxygen atoms in total. The van der Waals surface area contributed by atoms with Crippen molar-refractivity contribution in [3.05, 3.63) is 65.7 Å². The van der Waals surface area contributed by atoms with Crippen LogP contribution in [0.3, 0.4) is 0 Å². The number of nitrogens with zero attached hydrogens (tertiary/aromatic N) is 2. The topological polar surface area (TPSA) is 52.6 Å². The lowest BCUT2D eigenvalue weighted by Crippen LogP contribution is -2.70. The molecule has 0 amide bonds. The van der Waals surface area contributed by atoms with Crippen molar-refractivity contribution in [3.63, 3.8) is 0 Å². The smallest absolute Gasteiger partial charge is 0.201 e. The van der Waals surface area contributed by atoms with Gasteiger partial charge in [-0.25, -0.2) is 9.78 Å². The highest BCUT2D eigenvalue weighted by atomic mass is 17.3. The molecule has 8 rings (SSSR count). The van der Waals surface area contributed by atoms with Crippen LogP contribution in [-0.2, 0) is 37.1 Å². The van der Waals surface area contributed by atoms with Gasteiger partial charge >= 0.3 is 0 Å². The number of fused-ring (bicyclic) bond motifs is 2. The van der Waals surface area contributed by atoms with E-state index in [1.807, 2.05) is 6.92 Å². The molecule has 6 aliphatic rings. The number of hydrogen-bond acceptors (Lipinski definition) is 7. The zero-order valence-electron chi connectivity index (χ0n) is 24.2. The first-order valence-electron chi connectivity index (χ1n) is 15.4. The average Bonchev–Trinajstić information content (AvgIpc) is 3.21. The quantitative estimate of drug-likeness (QED) is 0.427. The predicted molar refractivity (Wildman–Crippen MR) is 152 cm³/mol. The summed E-state index contributed by atoms with van der Waals surface area (Å²) >= 11 is 0. The number of rotatable bonds is 6. The van der Waals surface area contributed by atoms with Crippen LogP contribution in [0.25, 0.3) is 0 Å². The van der Waals surface area contributed by atoms with Gasteiger partial charge in [-0.3, -0.25) is 4.90 Å². The molecule has 2 aromatic carbocycles. The second-order valence-corrected chi connectivity index (χ2v) is 13.0. The van der Waals surface area contributed by atoms with E-state index in [1.54, 1.807) is 0 Å². The fraction of sp³-hybridized carbons (Fsp3) is 0.636. The first-order valence-corrected chi connectivity index (χ1v) is 15.4. The second kappa shape index (κ2) is 10.7. The van der Waals surface area contributed by atoms with Crippen LogP contribution in [0.1, 0.15) is 57.6 Å². The molecule has 1 aliphatic carbocycles. The van der Waals surface area contributed by atoms with Crippen molar-refractivity contribution in [1.82, 2.24) is 4.90 Å². The van der Waals surface area contributed by atoms with E-state index in [4.69, 9.17) is 24.0 Å². The third-order valence-corrected chi connectivity index (χ3v) is 10.4. The zero-order chi connectivity index (χ0) is 27.3. The third kappa shape index (κ3) is 4.79. The maximum atomic E-state index is 6.58. The lowest BCUT2D eigenvalue weighted by molar-refractivity contribution is -0.577. The van der Waals surface area contributed by atoms with E-state index in [0.29, 0.717) is 18.4 Å². The Morgan fingerprint density at radius 3 is 2.38 bits per heavy atom. The molecular weight excluding hydrogens is 504 g/mol. The van der Waals surface area contributed by atoms with E-state index in [0.717, 1.165) is 52.0 Å². The fourth-order valence-electron chi connectivity index (χ4n) is 8.04. The summed E-state index contributed by atoms with van der Waals surface area (Å²) < 4.78 is 19.5. The van der Waals surface area contributed by atoms with Crippen molar-refractivity contribution >= 4 is 5.69 Å². The second-order valence-electron chi connectivity index (χ2n) is 13.0. The summed E-state index contributed by atoms with van der Waals surface area (Å²) in [5.41, 5.74) is 3.29. The number of ether oxygens (including phenoxy) is 3. The Kier molecular flexibility index (Phi) is 7.18. The minimum Gasteiger partial charge on any atom is -0.369 e. The summed E-state index contributed by atoms with van der Waals surface area (Å²) in [4.78, 5) is 17.2. The fourth-order valence-corrected chi connectivity index (χ4v) is 8.04. The van der Waals surface area contributed by atoms with Gasteiger partial charge in [0.25, 0.3) is 0 Å². The number of para-hydroxylation sites is 1. The molecule has 5 aliphatic heterocycles. The molecule has 5 heterocycles. The van der Waals surface area contributed by atoms with E-state index < -0.39 is 17.7 Å². The molecule has 0 radical (unpaired) electrons. The molecule has 1 spiro atoms. The van der Waals surface area contributed by atoms with Gasteiger partial charge in [0, 0.05) is 56.7 Å². The molecule has 2 bridgehead atoms. The summed E-state index contributed by atoms with van der Waals surface area (Å²) in [5, 5.41) is 0. The van der Waals surface area contributed by atoms with Gasteiger partial charge in [-0.1, -0.05) is 56.3 Å². The van der Waals surface area contributed by atoms with Gasteiger partial charge in [-0.15, -0.1) is 0 Å². The molecule has 2 unspecified atom stereocenters. The Hall–Kier alpha value is -2.00. The molecule has 6 fully saturated rings. The summed E-state index contributed by atoms with van der Waals surface area (Å²) in [5.74, 6) is 0.649. The van der Waals surface area contributed by atoms with E-state index in [9.17, 15) is 0 Å². The lowest BCUT2D eigenvalue weighted by Gasteiger charge is -2.60. The normalized spacial score (nSPS) is 39.5. The Labute approximate surface area is 238 Å². The summed E-state index contributed by atoms with van der Waals surface area (Å²) in [6.45, 7) is 12.4. The molecule has 5 saturated heterocycles. The molecule has 0 aromatic heterocycles. The monoisotopic (exact) mass is 548 g/mol. The van der Waals surface area contributed by atoms with Crippen LogP contribution in [0.4, 0.5) is 5.69 Å². The van der Waals surface area contributed by atoms with Crippen molar-refractivity contribution in [1.29, 1.82) is 0 Å². The van der Waals surface area contributed by atoms with Crippen LogP contribution in [0.15, 0.2) is 54.6 Å². The summed E-state index contributed by atoms with van der Waals surface area (Å²) in [7, 11) is 0. The maximum absolute atomic E-state index is 6.58. The molecule has 7 heteroatoms. The Morgan fingerprint density at radius 1 is 0.850 bits per heavy atom. The SMILES string of the molecule is C[C@@H]1CCC2[C@@H](C)[C@@H](OCc3ccc(CN4CCN(c5ccccc5)CC4)cc3)OC3O[C@@]4(C)CC[C@@H]1[C@]32OO4. The Balaban J connectivity index is 0.957. The van der Waals surface area contributed by atoms with Crippen molar-refractivity contribution < 1.29 is 24.0 Å². The molecule has 216 valence electrons. The van der Waals surface area contributed by atoms with Gasteiger partial charge in [0.15, 0.2) is 18.2 Å². The van der Waals surface area contributed by atoms with Crippen LogP contribution in [0, 0.1) is 23.7 Å². The lowest BCUT2D eigenvalue weighted by atomic mass is 9.58. The number of piperazine rings is 1. The van der Waals surface area contributed by atoms with E-state index >= 15 is 0 Å². The van der Waals surface area contributed by atoms with Gasteiger partial charge in [0.05, 0.1) is 6.61 Å². The Bertz CT molecular complexity index is 1160. The van der Waals surface area contributed by atoms with Gasteiger partial charge in [0.2, 0.25) is 5.79 Å². The van der Waals surface area contributed by atoms with Crippen molar-refractivity contribution in [2.75, 3.05) is 31.1 Å². The van der Waals surface area contributed by atoms with Crippen LogP contribution < -0.4 is 4.90 Å². The van der Waals surface area contributed by atoms with E-state index in [-0.39, 0.29) is 18.1 Å². The zero-order valence-corrected chi connectivity index (χ0v) is 24.2. The molecule has 1 saturated carbocycles. The van der Waals surface area contributed by atoms with Crippen molar-refractivity contribution in [2.45, 2.75) is 83.6 Å². The minimum absolute atomic E-state index is 0.190. The molecular formula is C33H44N2O5. The number of hydrogen-bond donors (Lipinski definition) is 0. The van der Waals surface area contributed by atoms with Gasteiger partial charge in [-0.2, -0.15) is 0 Å². The molecule has 40 heavy (non-hydrogen) atoms. The molecule has 0 N–H and O–H groups in total. The van der Waals surface area contributed by atoms with Crippen LogP contribution in [0.5, 0.6) is 0 Å². The average molecular weight is 549 g/mol. The highest BCUT2D eigenvalue weighted by Gasteiger charge is 2.69. The molecule has 8 atom stereocenters. The largest absolute Gasteiger partial charge is 0.369 e. The number of anilines is 1.